The van der Waals surface area contributed by atoms with Crippen molar-refractivity contribution < 1.29 is 0 Å². The molecule has 0 fully saturated rings. The molecule has 1 N–H and O–H groups in total. The number of nitrogens with zero attached hydrogens (tertiary/aromatic N) is 1. The maximum Gasteiger partial charge on any atom is 0.328 e. The number of hydrogen-bond donors (Lipinski definition) is 1. The van der Waals surface area contributed by atoms with Gasteiger partial charge >= 0.3 is 5.69 Å². The van der Waals surface area contributed by atoms with E-state index in [1.807, 2.05) is 18.2 Å². The van der Waals surface area contributed by atoms with Crippen molar-refractivity contribution >= 4 is 0 Å². The van der Waals surface area contributed by atoms with Gasteiger partial charge in [0.25, 0.3) is 5.56 Å². The standard InChI is InChI=1S/C19H24N2O2/c1-4-6-11-21-17(22)15-16(20-18(21)23)14-10-8-7-9-13(14)12-19(15,3)5-2/h7-10H,4-6,11-12H2,1-3H3,(H,20,23)/t19-/m0/s1. The van der Waals surface area contributed by atoms with Crippen molar-refractivity contribution in [1.82, 2.24) is 9.55 Å². The first-order valence-electron chi connectivity index (χ1n) is 8.47. The van der Waals surface area contributed by atoms with Crippen LogP contribution in [0.2, 0.25) is 0 Å². The summed E-state index contributed by atoms with van der Waals surface area (Å²) in [5.74, 6) is 0. The SMILES string of the molecule is CCCCn1c(=O)[nH]c2c(c1=O)[C@@](C)(CC)Cc1ccccc1-2. The van der Waals surface area contributed by atoms with E-state index in [1.54, 1.807) is 0 Å². The summed E-state index contributed by atoms with van der Waals surface area (Å²) in [7, 11) is 0. The molecule has 23 heavy (non-hydrogen) atoms. The van der Waals surface area contributed by atoms with E-state index in [-0.39, 0.29) is 16.7 Å². The lowest BCUT2D eigenvalue weighted by molar-refractivity contribution is 0.430. The Hall–Kier alpha value is -2.10. The predicted molar refractivity (Wildman–Crippen MR) is 93.0 cm³/mol. The van der Waals surface area contributed by atoms with Crippen molar-refractivity contribution in [2.75, 3.05) is 0 Å². The Labute approximate surface area is 136 Å². The molecule has 0 saturated heterocycles. The van der Waals surface area contributed by atoms with Gasteiger partial charge in [-0.1, -0.05) is 51.5 Å². The molecule has 1 aromatic carbocycles. The zero-order valence-electron chi connectivity index (χ0n) is 14.1. The minimum absolute atomic E-state index is 0.115. The number of aromatic amines is 1. The minimum Gasteiger partial charge on any atom is -0.306 e. The van der Waals surface area contributed by atoms with Crippen LogP contribution in [0, 0.1) is 0 Å². The van der Waals surface area contributed by atoms with Crippen LogP contribution in [0.3, 0.4) is 0 Å². The molecular formula is C19H24N2O2. The molecule has 0 radical (unpaired) electrons. The quantitative estimate of drug-likeness (QED) is 0.942. The fourth-order valence-corrected chi connectivity index (χ4v) is 3.58. The molecule has 1 aliphatic carbocycles. The monoisotopic (exact) mass is 312 g/mol. The van der Waals surface area contributed by atoms with Gasteiger partial charge in [-0.25, -0.2) is 4.79 Å². The number of H-pyrrole nitrogens is 1. The van der Waals surface area contributed by atoms with Crippen molar-refractivity contribution in [3.05, 3.63) is 56.2 Å². The summed E-state index contributed by atoms with van der Waals surface area (Å²) < 4.78 is 1.38. The van der Waals surface area contributed by atoms with Gasteiger partial charge in [0.2, 0.25) is 0 Å². The number of unbranched alkanes of at least 4 members (excludes halogenated alkanes) is 1. The lowest BCUT2D eigenvalue weighted by atomic mass is 9.69. The smallest absolute Gasteiger partial charge is 0.306 e. The third-order valence-corrected chi connectivity index (χ3v) is 5.17. The Kier molecular flexibility index (Phi) is 4.00. The van der Waals surface area contributed by atoms with Gasteiger partial charge in [0.15, 0.2) is 0 Å². The van der Waals surface area contributed by atoms with Gasteiger partial charge in [0, 0.05) is 23.1 Å². The molecule has 1 aliphatic rings. The normalized spacial score (nSPS) is 19.3. The van der Waals surface area contributed by atoms with Gasteiger partial charge < -0.3 is 4.98 Å². The van der Waals surface area contributed by atoms with Crippen LogP contribution in [0.5, 0.6) is 0 Å². The number of benzene rings is 1. The van der Waals surface area contributed by atoms with Crippen molar-refractivity contribution in [3.63, 3.8) is 0 Å². The molecule has 122 valence electrons. The highest BCUT2D eigenvalue weighted by Gasteiger charge is 2.37. The molecule has 0 amide bonds. The van der Waals surface area contributed by atoms with Crippen LogP contribution in [-0.2, 0) is 18.4 Å². The molecule has 0 saturated carbocycles. The number of hydrogen-bond acceptors (Lipinski definition) is 2. The highest BCUT2D eigenvalue weighted by Crippen LogP contribution is 2.41. The summed E-state index contributed by atoms with van der Waals surface area (Å²) in [6, 6.07) is 8.06. The number of aromatic nitrogens is 2. The van der Waals surface area contributed by atoms with Crippen LogP contribution in [0.25, 0.3) is 11.3 Å². The molecule has 1 aromatic heterocycles. The van der Waals surface area contributed by atoms with E-state index in [9.17, 15) is 9.59 Å². The lowest BCUT2D eigenvalue weighted by Gasteiger charge is -2.35. The average Bonchev–Trinajstić information content (AvgIpc) is 2.54. The van der Waals surface area contributed by atoms with Crippen LogP contribution < -0.4 is 11.2 Å². The van der Waals surface area contributed by atoms with Crippen molar-refractivity contribution in [2.45, 2.75) is 58.4 Å². The van der Waals surface area contributed by atoms with Gasteiger partial charge in [-0.2, -0.15) is 0 Å². The van der Waals surface area contributed by atoms with Gasteiger partial charge in [0.1, 0.15) is 0 Å². The second-order valence-electron chi connectivity index (χ2n) is 6.74. The summed E-state index contributed by atoms with van der Waals surface area (Å²) in [6.45, 7) is 6.79. The first-order chi connectivity index (χ1) is 11.0. The van der Waals surface area contributed by atoms with Gasteiger partial charge in [-0.05, 0) is 24.8 Å². The highest BCUT2D eigenvalue weighted by molar-refractivity contribution is 5.71. The van der Waals surface area contributed by atoms with Crippen LogP contribution >= 0.6 is 0 Å². The summed E-state index contributed by atoms with van der Waals surface area (Å²) >= 11 is 0. The van der Waals surface area contributed by atoms with Crippen LogP contribution in [0.4, 0.5) is 0 Å². The van der Waals surface area contributed by atoms with E-state index in [2.05, 4.69) is 31.8 Å². The van der Waals surface area contributed by atoms with Gasteiger partial charge in [0.05, 0.1) is 5.69 Å². The van der Waals surface area contributed by atoms with Crippen molar-refractivity contribution in [1.29, 1.82) is 0 Å². The average molecular weight is 312 g/mol. The van der Waals surface area contributed by atoms with Crippen molar-refractivity contribution in [2.24, 2.45) is 0 Å². The number of rotatable bonds is 4. The second-order valence-corrected chi connectivity index (χ2v) is 6.74. The largest absolute Gasteiger partial charge is 0.328 e. The van der Waals surface area contributed by atoms with Gasteiger partial charge in [-0.3, -0.25) is 9.36 Å². The molecule has 0 aliphatic heterocycles. The molecule has 1 atom stereocenters. The Bertz CT molecular complexity index is 847. The summed E-state index contributed by atoms with van der Waals surface area (Å²) in [6.07, 6.45) is 3.49. The Morgan fingerprint density at radius 1 is 1.22 bits per heavy atom. The Morgan fingerprint density at radius 2 is 1.96 bits per heavy atom. The maximum atomic E-state index is 13.1. The molecule has 0 spiro atoms. The lowest BCUT2D eigenvalue weighted by Crippen LogP contribution is -2.44. The summed E-state index contributed by atoms with van der Waals surface area (Å²) in [5.41, 5.74) is 3.04. The van der Waals surface area contributed by atoms with Crippen LogP contribution in [0.1, 0.15) is 51.2 Å². The van der Waals surface area contributed by atoms with E-state index in [0.717, 1.165) is 42.5 Å². The topological polar surface area (TPSA) is 54.9 Å². The van der Waals surface area contributed by atoms with Crippen LogP contribution in [-0.4, -0.2) is 9.55 Å². The van der Waals surface area contributed by atoms with E-state index in [1.165, 1.54) is 10.1 Å². The minimum atomic E-state index is -0.294. The second kappa shape index (κ2) is 5.84. The highest BCUT2D eigenvalue weighted by atomic mass is 16.2. The first kappa shape index (κ1) is 15.8. The van der Waals surface area contributed by atoms with E-state index in [0.29, 0.717) is 6.54 Å². The number of nitrogens with one attached hydrogen (secondary N) is 1. The van der Waals surface area contributed by atoms with E-state index < -0.39 is 0 Å². The fourth-order valence-electron chi connectivity index (χ4n) is 3.58. The molecule has 1 heterocycles. The fraction of sp³-hybridized carbons (Fsp3) is 0.474. The zero-order chi connectivity index (χ0) is 16.6. The van der Waals surface area contributed by atoms with E-state index >= 15 is 0 Å². The maximum absolute atomic E-state index is 13.1. The predicted octanol–water partition coefficient (Wildman–Crippen LogP) is 3.23. The van der Waals surface area contributed by atoms with Crippen LogP contribution in [0.15, 0.2) is 33.9 Å². The molecule has 4 nitrogen and oxygen atoms in total. The number of fused-ring (bicyclic) bond motifs is 3. The molecule has 4 heteroatoms. The molecule has 3 rings (SSSR count). The molecular weight excluding hydrogens is 288 g/mol. The molecule has 0 bridgehead atoms. The summed E-state index contributed by atoms with van der Waals surface area (Å²) in [5, 5.41) is 0. The molecule has 2 aromatic rings. The third kappa shape index (κ3) is 2.46. The van der Waals surface area contributed by atoms with E-state index in [4.69, 9.17) is 0 Å². The molecule has 0 unspecified atom stereocenters. The zero-order valence-corrected chi connectivity index (χ0v) is 14.1. The Morgan fingerprint density at radius 3 is 2.65 bits per heavy atom. The first-order valence-corrected chi connectivity index (χ1v) is 8.47. The van der Waals surface area contributed by atoms with Gasteiger partial charge in [-0.15, -0.1) is 0 Å². The Balaban J connectivity index is 2.32. The van der Waals surface area contributed by atoms with Crippen molar-refractivity contribution in [3.8, 4) is 11.3 Å². The third-order valence-electron chi connectivity index (χ3n) is 5.17. The summed E-state index contributed by atoms with van der Waals surface area (Å²) in [4.78, 5) is 28.5.